The van der Waals surface area contributed by atoms with E-state index in [9.17, 15) is 0 Å². The van der Waals surface area contributed by atoms with Gasteiger partial charge in [-0.3, -0.25) is 0 Å². The number of ether oxygens (including phenoxy) is 1. The highest BCUT2D eigenvalue weighted by Gasteiger charge is 2.06. The lowest BCUT2D eigenvalue weighted by atomic mass is 10.1. The van der Waals surface area contributed by atoms with E-state index in [1.54, 1.807) is 0 Å². The van der Waals surface area contributed by atoms with Gasteiger partial charge in [-0.2, -0.15) is 0 Å². The van der Waals surface area contributed by atoms with Crippen molar-refractivity contribution < 1.29 is 4.74 Å². The number of benzene rings is 2. The summed E-state index contributed by atoms with van der Waals surface area (Å²) in [6.07, 6.45) is 0.946. The SMILES string of the molecule is Clc1cccc(OCC(Br)Cc2ccccc2)c1. The van der Waals surface area contributed by atoms with Gasteiger partial charge in [-0.15, -0.1) is 0 Å². The minimum absolute atomic E-state index is 0.291. The molecule has 0 bridgehead atoms. The van der Waals surface area contributed by atoms with Crippen molar-refractivity contribution in [2.45, 2.75) is 11.2 Å². The first-order valence-corrected chi connectivity index (χ1v) is 7.10. The lowest BCUT2D eigenvalue weighted by molar-refractivity contribution is 0.318. The van der Waals surface area contributed by atoms with E-state index in [0.717, 1.165) is 12.2 Å². The lowest BCUT2D eigenvalue weighted by Gasteiger charge is -2.12. The predicted octanol–water partition coefficient (Wildman–Crippen LogP) is 4.73. The van der Waals surface area contributed by atoms with Gasteiger partial charge in [-0.25, -0.2) is 0 Å². The maximum atomic E-state index is 5.90. The Hall–Kier alpha value is -0.990. The first-order valence-electron chi connectivity index (χ1n) is 5.80. The first-order chi connectivity index (χ1) is 8.74. The average molecular weight is 326 g/mol. The fourth-order valence-corrected chi connectivity index (χ4v) is 2.36. The highest BCUT2D eigenvalue weighted by molar-refractivity contribution is 9.09. The smallest absolute Gasteiger partial charge is 0.120 e. The summed E-state index contributed by atoms with van der Waals surface area (Å²) in [6.45, 7) is 0.620. The van der Waals surface area contributed by atoms with Crippen molar-refractivity contribution in [3.63, 3.8) is 0 Å². The van der Waals surface area contributed by atoms with E-state index in [0.29, 0.717) is 16.5 Å². The summed E-state index contributed by atoms with van der Waals surface area (Å²) in [5.41, 5.74) is 1.30. The zero-order valence-corrected chi connectivity index (χ0v) is 12.2. The first kappa shape index (κ1) is 13.4. The van der Waals surface area contributed by atoms with Crippen molar-refractivity contribution in [2.75, 3.05) is 6.61 Å². The van der Waals surface area contributed by atoms with E-state index in [1.165, 1.54) is 5.56 Å². The third-order valence-electron chi connectivity index (χ3n) is 2.53. The van der Waals surface area contributed by atoms with Crippen LogP contribution in [0.25, 0.3) is 0 Å². The Bertz CT molecular complexity index is 487. The molecule has 0 radical (unpaired) electrons. The molecule has 0 saturated heterocycles. The van der Waals surface area contributed by atoms with Crippen molar-refractivity contribution in [3.8, 4) is 5.75 Å². The lowest BCUT2D eigenvalue weighted by Crippen LogP contribution is -2.13. The highest BCUT2D eigenvalue weighted by Crippen LogP contribution is 2.18. The summed E-state index contributed by atoms with van der Waals surface area (Å²) in [7, 11) is 0. The molecular weight excluding hydrogens is 312 g/mol. The van der Waals surface area contributed by atoms with Crippen LogP contribution in [-0.4, -0.2) is 11.4 Å². The maximum absolute atomic E-state index is 5.90. The fraction of sp³-hybridized carbons (Fsp3) is 0.200. The largest absolute Gasteiger partial charge is 0.492 e. The zero-order valence-electron chi connectivity index (χ0n) is 9.85. The van der Waals surface area contributed by atoms with Gasteiger partial charge in [0.1, 0.15) is 12.4 Å². The van der Waals surface area contributed by atoms with Gasteiger partial charge in [0.2, 0.25) is 0 Å². The summed E-state index contributed by atoms with van der Waals surface area (Å²) in [6, 6.07) is 17.8. The van der Waals surface area contributed by atoms with Crippen LogP contribution in [0.1, 0.15) is 5.56 Å². The molecule has 0 aliphatic rings. The van der Waals surface area contributed by atoms with Crippen molar-refractivity contribution in [1.29, 1.82) is 0 Å². The molecule has 0 amide bonds. The Morgan fingerprint density at radius 3 is 2.56 bits per heavy atom. The fourth-order valence-electron chi connectivity index (χ4n) is 1.67. The summed E-state index contributed by atoms with van der Waals surface area (Å²) < 4.78 is 5.69. The second-order valence-electron chi connectivity index (χ2n) is 4.06. The van der Waals surface area contributed by atoms with Crippen LogP contribution in [0, 0.1) is 0 Å². The van der Waals surface area contributed by atoms with Crippen LogP contribution in [0.15, 0.2) is 54.6 Å². The van der Waals surface area contributed by atoms with Crippen molar-refractivity contribution in [3.05, 3.63) is 65.2 Å². The molecule has 1 unspecified atom stereocenters. The Morgan fingerprint density at radius 1 is 1.06 bits per heavy atom. The van der Waals surface area contributed by atoms with Gasteiger partial charge in [-0.1, -0.05) is 63.9 Å². The standard InChI is InChI=1S/C15H14BrClO/c16-13(9-12-5-2-1-3-6-12)11-18-15-8-4-7-14(17)10-15/h1-8,10,13H,9,11H2. The molecule has 1 atom stereocenters. The number of hydrogen-bond donors (Lipinski definition) is 0. The van der Waals surface area contributed by atoms with Crippen molar-refractivity contribution >= 4 is 27.5 Å². The Morgan fingerprint density at radius 2 is 1.83 bits per heavy atom. The molecule has 0 aliphatic carbocycles. The minimum Gasteiger partial charge on any atom is -0.492 e. The van der Waals surface area contributed by atoms with Gasteiger partial charge in [0.05, 0.1) is 4.83 Å². The minimum atomic E-state index is 0.291. The molecule has 0 spiro atoms. The van der Waals surface area contributed by atoms with Gasteiger partial charge in [0, 0.05) is 5.02 Å². The molecule has 3 heteroatoms. The zero-order chi connectivity index (χ0) is 12.8. The van der Waals surface area contributed by atoms with E-state index < -0.39 is 0 Å². The van der Waals surface area contributed by atoms with Crippen LogP contribution in [0.5, 0.6) is 5.75 Å². The van der Waals surface area contributed by atoms with Crippen LogP contribution in [0.4, 0.5) is 0 Å². The topological polar surface area (TPSA) is 9.23 Å². The Kier molecular flexibility index (Phi) is 5.09. The molecule has 0 aromatic heterocycles. The van der Waals surface area contributed by atoms with Crippen LogP contribution in [0.3, 0.4) is 0 Å². The number of rotatable bonds is 5. The molecule has 2 aromatic rings. The van der Waals surface area contributed by atoms with Gasteiger partial charge in [0.25, 0.3) is 0 Å². The average Bonchev–Trinajstić information content (AvgIpc) is 2.38. The summed E-state index contributed by atoms with van der Waals surface area (Å²) in [5.74, 6) is 0.806. The predicted molar refractivity (Wildman–Crippen MR) is 79.8 cm³/mol. The molecular formula is C15H14BrClO. The maximum Gasteiger partial charge on any atom is 0.120 e. The molecule has 0 aliphatic heterocycles. The molecule has 0 saturated carbocycles. The third-order valence-corrected chi connectivity index (χ3v) is 3.35. The molecule has 2 rings (SSSR count). The summed E-state index contributed by atoms with van der Waals surface area (Å²) in [4.78, 5) is 0.291. The number of alkyl halides is 1. The van der Waals surface area contributed by atoms with Gasteiger partial charge in [0.15, 0.2) is 0 Å². The van der Waals surface area contributed by atoms with E-state index in [1.807, 2.05) is 42.5 Å². The van der Waals surface area contributed by atoms with E-state index in [4.69, 9.17) is 16.3 Å². The van der Waals surface area contributed by atoms with Crippen LogP contribution in [-0.2, 0) is 6.42 Å². The summed E-state index contributed by atoms with van der Waals surface area (Å²) in [5, 5.41) is 0.696. The molecule has 2 aromatic carbocycles. The Labute approximate surface area is 121 Å². The van der Waals surface area contributed by atoms with Gasteiger partial charge >= 0.3 is 0 Å². The molecule has 0 heterocycles. The van der Waals surface area contributed by atoms with E-state index >= 15 is 0 Å². The van der Waals surface area contributed by atoms with Crippen LogP contribution in [0.2, 0.25) is 5.02 Å². The van der Waals surface area contributed by atoms with E-state index in [2.05, 4.69) is 28.1 Å². The molecule has 94 valence electrons. The van der Waals surface area contributed by atoms with Crippen molar-refractivity contribution in [1.82, 2.24) is 0 Å². The number of hydrogen-bond acceptors (Lipinski definition) is 1. The van der Waals surface area contributed by atoms with Gasteiger partial charge < -0.3 is 4.74 Å². The molecule has 1 nitrogen and oxygen atoms in total. The quantitative estimate of drug-likeness (QED) is 0.722. The number of halogens is 2. The molecule has 18 heavy (non-hydrogen) atoms. The normalized spacial score (nSPS) is 12.1. The van der Waals surface area contributed by atoms with Crippen molar-refractivity contribution in [2.24, 2.45) is 0 Å². The second kappa shape index (κ2) is 6.81. The second-order valence-corrected chi connectivity index (χ2v) is 5.79. The van der Waals surface area contributed by atoms with Crippen LogP contribution < -0.4 is 4.74 Å². The highest BCUT2D eigenvalue weighted by atomic mass is 79.9. The monoisotopic (exact) mass is 324 g/mol. The molecule has 0 N–H and O–H groups in total. The third kappa shape index (κ3) is 4.35. The van der Waals surface area contributed by atoms with E-state index in [-0.39, 0.29) is 0 Å². The molecule has 0 fully saturated rings. The van der Waals surface area contributed by atoms with Crippen LogP contribution >= 0.6 is 27.5 Å². The van der Waals surface area contributed by atoms with Gasteiger partial charge in [-0.05, 0) is 30.2 Å². The summed E-state index contributed by atoms with van der Waals surface area (Å²) >= 11 is 9.53. The Balaban J connectivity index is 1.83.